The number of benzene rings is 1. The summed E-state index contributed by atoms with van der Waals surface area (Å²) in [6.45, 7) is 0.933. The fourth-order valence-corrected chi connectivity index (χ4v) is 2.36. The molecule has 110 valence electrons. The summed E-state index contributed by atoms with van der Waals surface area (Å²) in [4.78, 5) is 11.5. The first kappa shape index (κ1) is 13.6. The third-order valence-electron chi connectivity index (χ3n) is 3.38. The number of carboxylic acids is 1. The second kappa shape index (κ2) is 5.97. The molecule has 1 aromatic heterocycles. The number of carboxylic acid groups (broad SMARTS) is 1. The van der Waals surface area contributed by atoms with Crippen LogP contribution in [0.15, 0.2) is 36.5 Å². The van der Waals surface area contributed by atoms with Crippen LogP contribution in [-0.2, 0) is 11.3 Å². The number of hydrogen-bond donors (Lipinski definition) is 1. The van der Waals surface area contributed by atoms with Crippen molar-refractivity contribution in [1.29, 1.82) is 0 Å². The smallest absolute Gasteiger partial charge is 0.358 e. The minimum absolute atomic E-state index is 0.0397. The molecule has 1 saturated heterocycles. The summed E-state index contributed by atoms with van der Waals surface area (Å²) in [7, 11) is 0. The van der Waals surface area contributed by atoms with Gasteiger partial charge in [-0.25, -0.2) is 9.48 Å². The molecule has 0 radical (unpaired) electrons. The molecular weight excluding hydrogens is 272 g/mol. The lowest BCUT2D eigenvalue weighted by molar-refractivity contribution is 0.0385. The van der Waals surface area contributed by atoms with Gasteiger partial charge >= 0.3 is 5.97 Å². The highest BCUT2D eigenvalue weighted by Gasteiger charge is 2.27. The molecule has 2 aromatic rings. The zero-order valence-corrected chi connectivity index (χ0v) is 11.4. The van der Waals surface area contributed by atoms with E-state index >= 15 is 0 Å². The van der Waals surface area contributed by atoms with E-state index in [4.69, 9.17) is 9.47 Å². The Bertz CT molecular complexity index is 618. The van der Waals surface area contributed by atoms with E-state index in [-0.39, 0.29) is 17.7 Å². The number of carbonyl (C=O) groups is 1. The van der Waals surface area contributed by atoms with E-state index in [9.17, 15) is 9.90 Å². The molecule has 0 saturated carbocycles. The molecule has 2 heterocycles. The van der Waals surface area contributed by atoms with Gasteiger partial charge in [0.25, 0.3) is 0 Å². The lowest BCUT2D eigenvalue weighted by Crippen LogP contribution is -2.16. The van der Waals surface area contributed by atoms with E-state index < -0.39 is 5.97 Å². The number of hydrogen-bond acceptors (Lipinski definition) is 4. The quantitative estimate of drug-likeness (QED) is 0.915. The van der Waals surface area contributed by atoms with Gasteiger partial charge in [-0.3, -0.25) is 0 Å². The maximum absolute atomic E-state index is 11.5. The van der Waals surface area contributed by atoms with Crippen molar-refractivity contribution in [2.45, 2.75) is 25.7 Å². The van der Waals surface area contributed by atoms with Gasteiger partial charge in [0.15, 0.2) is 17.7 Å². The molecule has 6 nitrogen and oxygen atoms in total. The van der Waals surface area contributed by atoms with Gasteiger partial charge in [0.05, 0.1) is 6.20 Å². The highest BCUT2D eigenvalue weighted by Crippen LogP contribution is 2.28. The third-order valence-corrected chi connectivity index (χ3v) is 3.38. The molecule has 1 aliphatic heterocycles. The van der Waals surface area contributed by atoms with Gasteiger partial charge in [-0.1, -0.05) is 30.3 Å². The molecule has 1 fully saturated rings. The SMILES string of the molecule is O=C(O)c1c(OCc2ccccc2)cnn1C1CCCO1. The van der Waals surface area contributed by atoms with Crippen molar-refractivity contribution in [2.24, 2.45) is 0 Å². The van der Waals surface area contributed by atoms with E-state index in [2.05, 4.69) is 5.10 Å². The van der Waals surface area contributed by atoms with Crippen LogP contribution >= 0.6 is 0 Å². The second-order valence-electron chi connectivity index (χ2n) is 4.85. The predicted molar refractivity (Wildman–Crippen MR) is 74.2 cm³/mol. The first-order valence-corrected chi connectivity index (χ1v) is 6.85. The van der Waals surface area contributed by atoms with Crippen LogP contribution in [0.1, 0.15) is 35.1 Å². The highest BCUT2D eigenvalue weighted by molar-refractivity contribution is 5.88. The van der Waals surface area contributed by atoms with E-state index in [0.717, 1.165) is 18.4 Å². The van der Waals surface area contributed by atoms with Gasteiger partial charge in [-0.2, -0.15) is 5.10 Å². The normalized spacial score (nSPS) is 17.8. The fourth-order valence-electron chi connectivity index (χ4n) is 2.36. The number of rotatable bonds is 5. The lowest BCUT2D eigenvalue weighted by atomic mass is 10.2. The summed E-state index contributed by atoms with van der Waals surface area (Å²) in [5.41, 5.74) is 1.01. The van der Waals surface area contributed by atoms with Crippen LogP contribution in [0, 0.1) is 0 Å². The van der Waals surface area contributed by atoms with Crippen LogP contribution in [0.25, 0.3) is 0 Å². The Labute approximate surface area is 121 Å². The molecule has 0 spiro atoms. The minimum atomic E-state index is -1.06. The average Bonchev–Trinajstić information content (AvgIpc) is 3.15. The average molecular weight is 288 g/mol. The summed E-state index contributed by atoms with van der Waals surface area (Å²) in [6.07, 6.45) is 2.79. The molecule has 1 aliphatic rings. The summed E-state index contributed by atoms with van der Waals surface area (Å²) in [5, 5.41) is 13.5. The number of aromatic nitrogens is 2. The molecular formula is C15H16N2O4. The van der Waals surface area contributed by atoms with Gasteiger partial charge in [0.2, 0.25) is 0 Å². The Morgan fingerprint density at radius 1 is 1.43 bits per heavy atom. The lowest BCUT2D eigenvalue weighted by Gasteiger charge is -2.12. The van der Waals surface area contributed by atoms with Crippen molar-refractivity contribution in [3.05, 3.63) is 47.8 Å². The standard InChI is InChI=1S/C15H16N2O4/c18-15(19)14-12(21-10-11-5-2-1-3-6-11)9-16-17(14)13-7-4-8-20-13/h1-3,5-6,9,13H,4,7-8,10H2,(H,18,19). The second-order valence-corrected chi connectivity index (χ2v) is 4.85. The fraction of sp³-hybridized carbons (Fsp3) is 0.333. The van der Waals surface area contributed by atoms with Crippen LogP contribution in [0.4, 0.5) is 0 Å². The van der Waals surface area contributed by atoms with Crippen LogP contribution in [-0.4, -0.2) is 27.5 Å². The van der Waals surface area contributed by atoms with Crippen LogP contribution in [0.2, 0.25) is 0 Å². The Morgan fingerprint density at radius 2 is 2.24 bits per heavy atom. The third kappa shape index (κ3) is 2.90. The Hall–Kier alpha value is -2.34. The molecule has 1 unspecified atom stereocenters. The molecule has 6 heteroatoms. The first-order chi connectivity index (χ1) is 10.3. The molecule has 0 amide bonds. The molecule has 1 aromatic carbocycles. The zero-order chi connectivity index (χ0) is 14.7. The Morgan fingerprint density at radius 3 is 2.90 bits per heavy atom. The predicted octanol–water partition coefficient (Wildman–Crippen LogP) is 2.47. The minimum Gasteiger partial charge on any atom is -0.485 e. The van der Waals surface area contributed by atoms with Gasteiger partial charge in [0.1, 0.15) is 6.61 Å². The first-order valence-electron chi connectivity index (χ1n) is 6.85. The van der Waals surface area contributed by atoms with Crippen molar-refractivity contribution in [3.8, 4) is 5.75 Å². The van der Waals surface area contributed by atoms with Gasteiger partial charge in [-0.05, 0) is 18.4 Å². The largest absolute Gasteiger partial charge is 0.485 e. The highest BCUT2D eigenvalue weighted by atomic mass is 16.5. The molecule has 21 heavy (non-hydrogen) atoms. The number of ether oxygens (including phenoxy) is 2. The van der Waals surface area contributed by atoms with Gasteiger partial charge in [-0.15, -0.1) is 0 Å². The summed E-state index contributed by atoms with van der Waals surface area (Å²) in [5.74, 6) is -0.798. The maximum atomic E-state index is 11.5. The summed E-state index contributed by atoms with van der Waals surface area (Å²) in [6, 6.07) is 9.58. The molecule has 0 aliphatic carbocycles. The summed E-state index contributed by atoms with van der Waals surface area (Å²) < 4.78 is 12.5. The van der Waals surface area contributed by atoms with Crippen molar-refractivity contribution >= 4 is 5.97 Å². The van der Waals surface area contributed by atoms with Crippen molar-refractivity contribution < 1.29 is 19.4 Å². The Balaban J connectivity index is 1.80. The summed E-state index contributed by atoms with van der Waals surface area (Å²) >= 11 is 0. The monoisotopic (exact) mass is 288 g/mol. The van der Waals surface area contributed by atoms with Crippen LogP contribution in [0.5, 0.6) is 5.75 Å². The number of nitrogens with zero attached hydrogens (tertiary/aromatic N) is 2. The molecule has 1 atom stereocenters. The van der Waals surface area contributed by atoms with Gasteiger partial charge < -0.3 is 14.6 Å². The molecule has 3 rings (SSSR count). The zero-order valence-electron chi connectivity index (χ0n) is 11.4. The van der Waals surface area contributed by atoms with Crippen molar-refractivity contribution in [1.82, 2.24) is 9.78 Å². The van der Waals surface area contributed by atoms with Crippen molar-refractivity contribution in [2.75, 3.05) is 6.61 Å². The van der Waals surface area contributed by atoms with E-state index in [1.807, 2.05) is 30.3 Å². The van der Waals surface area contributed by atoms with Crippen LogP contribution in [0.3, 0.4) is 0 Å². The Kier molecular flexibility index (Phi) is 3.87. The molecule has 0 bridgehead atoms. The van der Waals surface area contributed by atoms with E-state index in [1.54, 1.807) is 0 Å². The van der Waals surface area contributed by atoms with E-state index in [1.165, 1.54) is 10.9 Å². The topological polar surface area (TPSA) is 73.6 Å². The molecule has 1 N–H and O–H groups in total. The van der Waals surface area contributed by atoms with Crippen molar-refractivity contribution in [3.63, 3.8) is 0 Å². The number of aromatic carboxylic acids is 1. The maximum Gasteiger partial charge on any atom is 0.358 e. The van der Waals surface area contributed by atoms with E-state index in [0.29, 0.717) is 13.2 Å². The van der Waals surface area contributed by atoms with Crippen LogP contribution < -0.4 is 4.74 Å². The van der Waals surface area contributed by atoms with Gasteiger partial charge in [0, 0.05) is 6.61 Å².